The molecule has 1 fully saturated rings. The van der Waals surface area contributed by atoms with E-state index in [1.165, 1.54) is 0 Å². The number of aliphatic hydroxyl groups excluding tert-OH is 9. The number of rotatable bonds is 12. The molecule has 0 spiro atoms. The molecule has 0 aromatic rings. The van der Waals surface area contributed by atoms with E-state index in [2.05, 4.69) is 27.8 Å². The predicted octanol–water partition coefficient (Wildman–Crippen LogP) is 3.63. The molecule has 2 rings (SSSR count). The van der Waals surface area contributed by atoms with Crippen molar-refractivity contribution in [3.05, 3.63) is 59.8 Å². The standard InChI is InChI=1S/C57H97N3O17/c1-34-19-16-21-38(5)53(37(4)18-14-12-10-11-13-15-25-60-56(58-8)59-9)76-55(73)39(6)22-17-20-35(2)47(65)31-48(66)40(7)45(63)24-23-36(3)50(68)33-57(74)54(72)49(67)30-44(77-57)28-41(61)26-43(27-42(62)29-46(34)64)75-52(71)32-51(69)70/h10-11,16-17,19-22,35-38,40-50,53-54,61-68,72,74H,12-15,18,23-33H2,1-9H3,(H,69,70)(H2,58,59,60)/b11-10+,20-17+,21-16+,34-19+,39-22+/t35-,36-,37-,38+,40-,41-,42+,43-,44-,45+,46-,47-,48-,49+,50-,53-,54-,57+/m0/s1. The maximum atomic E-state index is 13.7. The van der Waals surface area contributed by atoms with Gasteiger partial charge in [0.2, 0.25) is 0 Å². The number of carbonyl (C=O) groups is 3. The number of carboxylic acid groups (broad SMARTS) is 1. The second-order valence-corrected chi connectivity index (χ2v) is 21.8. The molecule has 13 N–H and O–H groups in total. The zero-order valence-corrected chi connectivity index (χ0v) is 47.1. The monoisotopic (exact) mass is 1100 g/mol. The number of fused-ring (bicyclic) bond motifs is 2. The Labute approximate surface area is 456 Å². The highest BCUT2D eigenvalue weighted by Gasteiger charge is 2.50. The summed E-state index contributed by atoms with van der Waals surface area (Å²) in [6, 6.07) is 0. The number of guanidine groups is 1. The summed E-state index contributed by atoms with van der Waals surface area (Å²) in [6.07, 6.45) is 1.35. The lowest BCUT2D eigenvalue weighted by atomic mass is 9.84. The molecule has 2 aliphatic rings. The molecule has 18 atom stereocenters. The molecule has 1 saturated heterocycles. The average Bonchev–Trinajstić information content (AvgIpc) is 3.35. The van der Waals surface area contributed by atoms with E-state index in [1.807, 2.05) is 27.0 Å². The number of aliphatic carboxylic acids is 1. The number of carboxylic acids is 1. The van der Waals surface area contributed by atoms with Crippen LogP contribution >= 0.6 is 0 Å². The fraction of sp³-hybridized carbons (Fsp3) is 0.754. The van der Waals surface area contributed by atoms with E-state index in [1.54, 1.807) is 72.0 Å². The van der Waals surface area contributed by atoms with E-state index in [4.69, 9.17) is 14.2 Å². The number of unbranched alkanes of at least 4 members (excludes halogenated alkanes) is 2. The number of nitrogens with zero attached hydrogens (tertiary/aromatic N) is 1. The first-order valence-electron chi connectivity index (χ1n) is 27.6. The van der Waals surface area contributed by atoms with Gasteiger partial charge in [-0.3, -0.25) is 14.6 Å². The summed E-state index contributed by atoms with van der Waals surface area (Å²) in [7, 11) is 3.53. The third kappa shape index (κ3) is 25.7. The molecule has 0 aromatic carbocycles. The van der Waals surface area contributed by atoms with Crippen molar-refractivity contribution < 1.29 is 84.8 Å². The van der Waals surface area contributed by atoms with Crippen molar-refractivity contribution in [2.45, 2.75) is 224 Å². The summed E-state index contributed by atoms with van der Waals surface area (Å²) in [5.74, 6) is -6.98. The van der Waals surface area contributed by atoms with Gasteiger partial charge in [0.05, 0.1) is 54.9 Å². The summed E-state index contributed by atoms with van der Waals surface area (Å²) in [5, 5.41) is 127. The highest BCUT2D eigenvalue weighted by molar-refractivity contribution is 5.90. The van der Waals surface area contributed by atoms with Gasteiger partial charge >= 0.3 is 17.9 Å². The van der Waals surface area contributed by atoms with E-state index in [0.29, 0.717) is 11.1 Å². The molecular weight excluding hydrogens is 999 g/mol. The van der Waals surface area contributed by atoms with Crippen LogP contribution in [0.3, 0.4) is 0 Å². The fourth-order valence-electron chi connectivity index (χ4n) is 9.63. The number of esters is 2. The van der Waals surface area contributed by atoms with Gasteiger partial charge in [0, 0.05) is 82.5 Å². The lowest BCUT2D eigenvalue weighted by Crippen LogP contribution is -2.59. The van der Waals surface area contributed by atoms with Gasteiger partial charge in [-0.15, -0.1) is 0 Å². The van der Waals surface area contributed by atoms with Crippen LogP contribution < -0.4 is 10.6 Å². The molecule has 0 amide bonds. The quantitative estimate of drug-likeness (QED) is 0.0331. The average molecular weight is 1100 g/mol. The molecule has 77 heavy (non-hydrogen) atoms. The number of ether oxygens (including phenoxy) is 3. The number of carbonyl (C=O) groups excluding carboxylic acids is 2. The van der Waals surface area contributed by atoms with Crippen molar-refractivity contribution in [3.63, 3.8) is 0 Å². The highest BCUT2D eigenvalue weighted by atomic mass is 16.7. The van der Waals surface area contributed by atoms with E-state index in [0.717, 1.165) is 44.6 Å². The van der Waals surface area contributed by atoms with Crippen LogP contribution in [-0.4, -0.2) is 180 Å². The third-order valence-electron chi connectivity index (χ3n) is 15.0. The molecule has 2 bridgehead atoms. The number of aliphatic hydroxyl groups is 10. The number of nitrogens with one attached hydrogen (secondary N) is 2. The van der Waals surface area contributed by atoms with Crippen molar-refractivity contribution in [3.8, 4) is 0 Å². The normalized spacial score (nSPS) is 37.6. The number of aliphatic imine (C=N–C) groups is 1. The molecule has 0 unspecified atom stereocenters. The van der Waals surface area contributed by atoms with Gasteiger partial charge < -0.3 is 81.0 Å². The first kappa shape index (κ1) is 69.0. The Bertz CT molecular complexity index is 1940. The lowest BCUT2D eigenvalue weighted by Gasteiger charge is -2.45. The zero-order valence-electron chi connectivity index (χ0n) is 47.1. The minimum Gasteiger partial charge on any atom is -0.481 e. The first-order valence-corrected chi connectivity index (χ1v) is 27.6. The summed E-state index contributed by atoms with van der Waals surface area (Å²) in [6.45, 7) is 13.1. The molecule has 0 radical (unpaired) electrons. The molecule has 0 aliphatic carbocycles. The smallest absolute Gasteiger partial charge is 0.334 e. The molecule has 20 nitrogen and oxygen atoms in total. The molecule has 442 valence electrons. The summed E-state index contributed by atoms with van der Waals surface area (Å²) in [5.41, 5.74) is 0.779. The van der Waals surface area contributed by atoms with Gasteiger partial charge in [-0.1, -0.05) is 83.2 Å². The molecule has 0 aromatic heterocycles. The van der Waals surface area contributed by atoms with E-state index in [-0.39, 0.29) is 63.2 Å². The van der Waals surface area contributed by atoms with Crippen LogP contribution in [0.4, 0.5) is 0 Å². The van der Waals surface area contributed by atoms with Gasteiger partial charge in [-0.25, -0.2) is 4.79 Å². The number of hydrogen-bond donors (Lipinski definition) is 13. The van der Waals surface area contributed by atoms with Crippen molar-refractivity contribution >= 4 is 23.9 Å². The Morgan fingerprint density at radius 3 is 2.06 bits per heavy atom. The molecule has 0 saturated carbocycles. The summed E-state index contributed by atoms with van der Waals surface area (Å²) >= 11 is 0. The van der Waals surface area contributed by atoms with Crippen LogP contribution in [0.1, 0.15) is 145 Å². The SMILES string of the molecule is CN=C(NC)NCCC/C=C/CCC[C@H](C)[C@@H]1OC(=O)/C(C)=C/C=C/[C@H](C)[C@@H](O)C[C@H](O)[C@@H](C)[C@H](O)CC[C@H](C)[C@@H](O)C[C@@]2(O)O[C@@H](C[C@@H](O)C[C@H](OC(=O)CC(=O)O)C[C@@H](O)C[C@H](O)/C(C)=C/C=C/[C@H]1C)C[C@@H](O)[C@@H]2O. The lowest BCUT2D eigenvalue weighted by molar-refractivity contribution is -0.333. The number of cyclic esters (lactones) is 1. The van der Waals surface area contributed by atoms with Gasteiger partial charge in [0.1, 0.15) is 24.7 Å². The second kappa shape index (κ2) is 35.5. The van der Waals surface area contributed by atoms with E-state index < -0.39 is 128 Å². The van der Waals surface area contributed by atoms with Crippen molar-refractivity contribution in [2.75, 3.05) is 20.6 Å². The predicted molar refractivity (Wildman–Crippen MR) is 292 cm³/mol. The van der Waals surface area contributed by atoms with Crippen LogP contribution in [0.25, 0.3) is 0 Å². The minimum atomic E-state index is -2.48. The van der Waals surface area contributed by atoms with Gasteiger partial charge in [-0.05, 0) is 82.6 Å². The van der Waals surface area contributed by atoms with Crippen LogP contribution in [-0.2, 0) is 28.6 Å². The van der Waals surface area contributed by atoms with Gasteiger partial charge in [0.15, 0.2) is 11.7 Å². The number of allylic oxidation sites excluding steroid dienone is 6. The maximum Gasteiger partial charge on any atom is 0.334 e. The third-order valence-corrected chi connectivity index (χ3v) is 15.0. The topological polar surface area (TPSA) is 338 Å². The Morgan fingerprint density at radius 2 is 1.43 bits per heavy atom. The van der Waals surface area contributed by atoms with Crippen LogP contribution in [0.15, 0.2) is 64.7 Å². The number of hydrogen-bond acceptors (Lipinski definition) is 17. The Hall–Kier alpha value is -4.06. The maximum absolute atomic E-state index is 13.7. The van der Waals surface area contributed by atoms with E-state index in [9.17, 15) is 70.6 Å². The molecule has 20 heteroatoms. The Kier molecular flexibility index (Phi) is 31.9. The van der Waals surface area contributed by atoms with Gasteiger partial charge in [-0.2, -0.15) is 0 Å². The Balaban J connectivity index is 2.44. The van der Waals surface area contributed by atoms with Crippen molar-refractivity contribution in [2.24, 2.45) is 34.6 Å². The first-order chi connectivity index (χ1) is 36.2. The minimum absolute atomic E-state index is 0.0655. The van der Waals surface area contributed by atoms with Crippen LogP contribution in [0.5, 0.6) is 0 Å². The van der Waals surface area contributed by atoms with Crippen LogP contribution in [0, 0.1) is 29.6 Å². The fourth-order valence-corrected chi connectivity index (χ4v) is 9.63. The Morgan fingerprint density at radius 1 is 0.805 bits per heavy atom. The van der Waals surface area contributed by atoms with Crippen molar-refractivity contribution in [1.82, 2.24) is 10.6 Å². The van der Waals surface area contributed by atoms with Gasteiger partial charge in [0.25, 0.3) is 0 Å². The summed E-state index contributed by atoms with van der Waals surface area (Å²) < 4.78 is 17.4. The second-order valence-electron chi connectivity index (χ2n) is 21.8. The van der Waals surface area contributed by atoms with Crippen molar-refractivity contribution in [1.29, 1.82) is 0 Å². The molecule has 2 aliphatic heterocycles. The largest absolute Gasteiger partial charge is 0.481 e. The highest BCUT2D eigenvalue weighted by Crippen LogP contribution is 2.36. The molecule has 2 heterocycles. The summed E-state index contributed by atoms with van der Waals surface area (Å²) in [4.78, 5) is 41.6. The van der Waals surface area contributed by atoms with Crippen LogP contribution in [0.2, 0.25) is 0 Å². The molecular formula is C57H97N3O17. The zero-order chi connectivity index (χ0) is 58.0. The van der Waals surface area contributed by atoms with E-state index >= 15 is 0 Å².